The summed E-state index contributed by atoms with van der Waals surface area (Å²) in [5.74, 6) is 0.934. The van der Waals surface area contributed by atoms with Crippen LogP contribution in [0.15, 0.2) is 51.9 Å². The van der Waals surface area contributed by atoms with E-state index in [9.17, 15) is 9.59 Å². The number of fused-ring (bicyclic) bond motifs is 3. The zero-order chi connectivity index (χ0) is 25.4. The number of rotatable bonds is 7. The number of anilines is 1. The van der Waals surface area contributed by atoms with Crippen LogP contribution in [0.2, 0.25) is 0 Å². The molecule has 0 bridgehead atoms. The molecule has 1 aliphatic rings. The van der Waals surface area contributed by atoms with Gasteiger partial charge in [-0.15, -0.1) is 11.3 Å². The fourth-order valence-corrected chi connectivity index (χ4v) is 5.65. The van der Waals surface area contributed by atoms with Crippen LogP contribution < -0.4 is 21.2 Å². The average molecular weight is 509 g/mol. The van der Waals surface area contributed by atoms with Crippen LogP contribution in [0.5, 0.6) is 5.75 Å². The minimum Gasteiger partial charge on any atom is -0.494 e. The van der Waals surface area contributed by atoms with Gasteiger partial charge in [0.15, 0.2) is 0 Å². The lowest BCUT2D eigenvalue weighted by Gasteiger charge is -2.30. The summed E-state index contributed by atoms with van der Waals surface area (Å²) in [5, 5.41) is 12.5. The molecule has 10 heteroatoms. The first-order valence-corrected chi connectivity index (χ1v) is 12.6. The Hall–Kier alpha value is -3.63. The zero-order valence-corrected chi connectivity index (χ0v) is 21.2. The molecule has 0 saturated heterocycles. The van der Waals surface area contributed by atoms with Crippen molar-refractivity contribution in [1.29, 1.82) is 5.41 Å². The monoisotopic (exact) mass is 508 g/mol. The van der Waals surface area contributed by atoms with E-state index in [0.29, 0.717) is 47.0 Å². The predicted octanol–water partition coefficient (Wildman–Crippen LogP) is 3.87. The summed E-state index contributed by atoms with van der Waals surface area (Å²) in [6.07, 6.45) is 2.15. The predicted molar refractivity (Wildman–Crippen MR) is 137 cm³/mol. The van der Waals surface area contributed by atoms with Gasteiger partial charge in [0.25, 0.3) is 0 Å². The minimum absolute atomic E-state index is 0.103. The summed E-state index contributed by atoms with van der Waals surface area (Å²) < 4.78 is 19.7. The average Bonchev–Trinajstić information content (AvgIpc) is 3.48. The third-order valence-electron chi connectivity index (χ3n) is 6.13. The highest BCUT2D eigenvalue weighted by atomic mass is 32.1. The molecule has 1 aromatic carbocycles. The molecule has 0 aliphatic carbocycles. The summed E-state index contributed by atoms with van der Waals surface area (Å²) in [5.41, 5.74) is 0.902. The largest absolute Gasteiger partial charge is 0.494 e. The second kappa shape index (κ2) is 9.44. The van der Waals surface area contributed by atoms with Gasteiger partial charge in [-0.1, -0.05) is 0 Å². The van der Waals surface area contributed by atoms with E-state index < -0.39 is 5.69 Å². The van der Waals surface area contributed by atoms with E-state index in [-0.39, 0.29) is 30.1 Å². The van der Waals surface area contributed by atoms with Gasteiger partial charge in [0.1, 0.15) is 28.4 Å². The van der Waals surface area contributed by atoms with E-state index >= 15 is 0 Å². The number of nitrogens with zero attached hydrogens (tertiary/aromatic N) is 2. The molecule has 3 aromatic heterocycles. The maximum Gasteiger partial charge on any atom is 0.331 e. The van der Waals surface area contributed by atoms with E-state index in [2.05, 4.69) is 5.32 Å². The maximum atomic E-state index is 13.6. The third kappa shape index (κ3) is 4.61. The van der Waals surface area contributed by atoms with Crippen LogP contribution >= 0.6 is 11.3 Å². The maximum absolute atomic E-state index is 13.6. The molecule has 0 saturated carbocycles. The number of aromatic nitrogens is 2. The molecule has 9 nitrogen and oxygen atoms in total. The molecule has 1 amide bonds. The molecule has 1 aliphatic heterocycles. The van der Waals surface area contributed by atoms with E-state index in [1.165, 1.54) is 26.7 Å². The standard InChI is InChI=1S/C26H28N4O5S/c1-4-33-17-9-7-16(8-10-17)28-21(31)14-30-24-22(19-12-26(2,3)35-15-20(19)36-24)23(27)29(25(30)32)13-18-6-5-11-34-18/h5-11,27H,4,12-15H2,1-3H3,(H,28,31). The molecule has 2 N–H and O–H groups in total. The highest BCUT2D eigenvalue weighted by molar-refractivity contribution is 7.18. The fourth-order valence-electron chi connectivity index (χ4n) is 4.43. The van der Waals surface area contributed by atoms with Crippen LogP contribution in [-0.4, -0.2) is 27.2 Å². The smallest absolute Gasteiger partial charge is 0.331 e. The number of thiophene rings is 1. The van der Waals surface area contributed by atoms with Crippen molar-refractivity contribution in [3.8, 4) is 5.75 Å². The molecule has 0 radical (unpaired) electrons. The molecule has 4 heterocycles. The number of ether oxygens (including phenoxy) is 2. The summed E-state index contributed by atoms with van der Waals surface area (Å²) in [4.78, 5) is 28.3. The first kappa shape index (κ1) is 24.1. The second-order valence-electron chi connectivity index (χ2n) is 9.30. The summed E-state index contributed by atoms with van der Waals surface area (Å²) in [7, 11) is 0. The van der Waals surface area contributed by atoms with Crippen LogP contribution in [0.4, 0.5) is 5.69 Å². The van der Waals surface area contributed by atoms with E-state index in [1.54, 1.807) is 36.4 Å². The fraction of sp³-hybridized carbons (Fsp3) is 0.346. The van der Waals surface area contributed by atoms with Crippen molar-refractivity contribution in [3.05, 3.63) is 74.8 Å². The number of carbonyl (C=O) groups is 1. The SMILES string of the molecule is CCOc1ccc(NC(=O)Cn2c(=O)n(Cc3ccco3)c(=N)c3c4c(sc32)COC(C)(C)C4)cc1. The minimum atomic E-state index is -0.440. The summed E-state index contributed by atoms with van der Waals surface area (Å²) in [6, 6.07) is 10.6. The molecule has 188 valence electrons. The van der Waals surface area contributed by atoms with E-state index in [1.807, 2.05) is 20.8 Å². The Kier molecular flexibility index (Phi) is 6.31. The van der Waals surface area contributed by atoms with Crippen molar-refractivity contribution < 1.29 is 18.7 Å². The first-order chi connectivity index (χ1) is 17.3. The molecular weight excluding hydrogens is 480 g/mol. The van der Waals surface area contributed by atoms with Gasteiger partial charge in [0.2, 0.25) is 5.91 Å². The highest BCUT2D eigenvalue weighted by Gasteiger charge is 2.31. The third-order valence-corrected chi connectivity index (χ3v) is 7.36. The van der Waals surface area contributed by atoms with Gasteiger partial charge in [-0.2, -0.15) is 0 Å². The van der Waals surface area contributed by atoms with Gasteiger partial charge in [-0.3, -0.25) is 19.3 Å². The zero-order valence-electron chi connectivity index (χ0n) is 20.4. The Morgan fingerprint density at radius 1 is 1.22 bits per heavy atom. The van der Waals surface area contributed by atoms with Gasteiger partial charge >= 0.3 is 5.69 Å². The molecule has 4 aromatic rings. The number of hydrogen-bond acceptors (Lipinski definition) is 7. The van der Waals surface area contributed by atoms with Gasteiger partial charge in [-0.25, -0.2) is 4.79 Å². The Bertz CT molecular complexity index is 1530. The lowest BCUT2D eigenvalue weighted by atomic mass is 9.94. The van der Waals surface area contributed by atoms with Gasteiger partial charge < -0.3 is 19.2 Å². The van der Waals surface area contributed by atoms with Crippen molar-refractivity contribution in [1.82, 2.24) is 9.13 Å². The van der Waals surface area contributed by atoms with Crippen LogP contribution in [0.1, 0.15) is 37.0 Å². The van der Waals surface area contributed by atoms with Crippen LogP contribution in [0, 0.1) is 5.41 Å². The molecule has 0 unspecified atom stereocenters. The Morgan fingerprint density at radius 2 is 2.00 bits per heavy atom. The van der Waals surface area contributed by atoms with Crippen molar-refractivity contribution in [2.45, 2.75) is 52.5 Å². The second-order valence-corrected chi connectivity index (χ2v) is 10.4. The Labute approximate surface area is 211 Å². The molecule has 0 spiro atoms. The highest BCUT2D eigenvalue weighted by Crippen LogP contribution is 2.37. The summed E-state index contributed by atoms with van der Waals surface area (Å²) >= 11 is 1.41. The number of benzene rings is 1. The molecule has 36 heavy (non-hydrogen) atoms. The Morgan fingerprint density at radius 3 is 2.69 bits per heavy atom. The van der Waals surface area contributed by atoms with Gasteiger partial charge in [0.05, 0.1) is 37.0 Å². The summed E-state index contributed by atoms with van der Waals surface area (Å²) in [6.45, 7) is 6.81. The van der Waals surface area contributed by atoms with E-state index in [0.717, 1.165) is 10.4 Å². The number of hydrogen-bond donors (Lipinski definition) is 2. The van der Waals surface area contributed by atoms with Gasteiger partial charge in [0, 0.05) is 17.0 Å². The van der Waals surface area contributed by atoms with Crippen LogP contribution in [-0.2, 0) is 35.6 Å². The van der Waals surface area contributed by atoms with Gasteiger partial charge in [-0.05, 0) is 62.7 Å². The van der Waals surface area contributed by atoms with Crippen molar-refractivity contribution in [3.63, 3.8) is 0 Å². The quantitative estimate of drug-likeness (QED) is 0.394. The number of nitrogens with one attached hydrogen (secondary N) is 2. The molecule has 0 fully saturated rings. The normalized spacial score (nSPS) is 14.5. The number of furan rings is 1. The molecule has 0 atom stereocenters. The van der Waals surface area contributed by atoms with Crippen molar-refractivity contribution >= 4 is 33.1 Å². The van der Waals surface area contributed by atoms with Crippen LogP contribution in [0.25, 0.3) is 10.2 Å². The lowest BCUT2D eigenvalue weighted by molar-refractivity contribution is -0.116. The lowest BCUT2D eigenvalue weighted by Crippen LogP contribution is -2.42. The van der Waals surface area contributed by atoms with Crippen molar-refractivity contribution in [2.75, 3.05) is 11.9 Å². The Balaban J connectivity index is 1.56. The van der Waals surface area contributed by atoms with Crippen molar-refractivity contribution in [2.24, 2.45) is 0 Å². The molecular formula is C26H28N4O5S. The number of amides is 1. The van der Waals surface area contributed by atoms with E-state index in [4.69, 9.17) is 19.3 Å². The number of carbonyl (C=O) groups excluding carboxylic acids is 1. The van der Waals surface area contributed by atoms with Crippen LogP contribution in [0.3, 0.4) is 0 Å². The molecule has 5 rings (SSSR count). The topological polar surface area (TPSA) is 111 Å². The first-order valence-electron chi connectivity index (χ1n) is 11.8.